The number of amides is 1. The molecule has 0 aliphatic carbocycles. The van der Waals surface area contributed by atoms with E-state index in [2.05, 4.69) is 5.32 Å². The number of carbonyl (C=O) groups excluding carboxylic acids is 1. The molecule has 5 heteroatoms. The van der Waals surface area contributed by atoms with Crippen molar-refractivity contribution in [2.75, 3.05) is 14.2 Å². The van der Waals surface area contributed by atoms with E-state index in [0.29, 0.717) is 11.3 Å². The van der Waals surface area contributed by atoms with Gasteiger partial charge in [0.1, 0.15) is 5.75 Å². The first-order valence-electron chi connectivity index (χ1n) is 5.65. The smallest absolute Gasteiger partial charge is 0.310 e. The summed E-state index contributed by atoms with van der Waals surface area (Å²) in [7, 11) is 3.06. The van der Waals surface area contributed by atoms with Gasteiger partial charge in [-0.25, -0.2) is 0 Å². The van der Waals surface area contributed by atoms with E-state index in [9.17, 15) is 14.7 Å². The average Bonchev–Trinajstić information content (AvgIpc) is 2.38. The number of nitrogens with one attached hydrogen (secondary N) is 1. The highest BCUT2D eigenvalue weighted by molar-refractivity contribution is 5.79. The fraction of sp³-hybridized carbons (Fsp3) is 0.385. The van der Waals surface area contributed by atoms with Crippen molar-refractivity contribution in [3.63, 3.8) is 0 Å². The number of rotatable bonds is 6. The summed E-state index contributed by atoms with van der Waals surface area (Å²) in [5.74, 6) is -1.19. The fourth-order valence-corrected chi connectivity index (χ4v) is 1.69. The van der Waals surface area contributed by atoms with Crippen molar-refractivity contribution in [2.24, 2.45) is 0 Å². The van der Waals surface area contributed by atoms with Crippen molar-refractivity contribution < 1.29 is 19.4 Å². The fourth-order valence-electron chi connectivity index (χ4n) is 1.69. The molecule has 0 aromatic heterocycles. The first-order chi connectivity index (χ1) is 8.58. The number of hydrogen-bond donors (Lipinski definition) is 2. The third kappa shape index (κ3) is 3.76. The normalized spacial score (nSPS) is 11.7. The Balaban J connectivity index is 2.83. The van der Waals surface area contributed by atoms with Gasteiger partial charge < -0.3 is 15.2 Å². The van der Waals surface area contributed by atoms with Gasteiger partial charge >= 0.3 is 5.97 Å². The van der Waals surface area contributed by atoms with Crippen LogP contribution in [0.25, 0.3) is 0 Å². The van der Waals surface area contributed by atoms with Gasteiger partial charge in [-0.05, 0) is 24.1 Å². The molecule has 0 heterocycles. The van der Waals surface area contributed by atoms with Gasteiger partial charge in [0.05, 0.1) is 13.0 Å². The Kier molecular flexibility index (Phi) is 5.17. The Labute approximate surface area is 106 Å². The highest BCUT2D eigenvalue weighted by Crippen LogP contribution is 2.25. The van der Waals surface area contributed by atoms with E-state index in [-0.39, 0.29) is 18.7 Å². The second-order valence-corrected chi connectivity index (χ2v) is 3.88. The Hall–Kier alpha value is -2.04. The lowest BCUT2D eigenvalue weighted by Crippen LogP contribution is -2.20. The summed E-state index contributed by atoms with van der Waals surface area (Å²) in [5.41, 5.74) is 0.644. The maximum atomic E-state index is 11.2. The minimum atomic E-state index is -0.938. The van der Waals surface area contributed by atoms with Crippen LogP contribution >= 0.6 is 0 Å². The molecule has 5 nitrogen and oxygen atoms in total. The predicted molar refractivity (Wildman–Crippen MR) is 66.7 cm³/mol. The molecule has 1 atom stereocenters. The second-order valence-electron chi connectivity index (χ2n) is 3.88. The standard InChI is InChI=1S/C13H17NO4/c1-14-12(15)7-6-11(13(16)17)9-4-3-5-10(8-9)18-2/h3-5,8,11H,6-7H2,1-2H3,(H,14,15)(H,16,17). The van der Waals surface area contributed by atoms with Crippen molar-refractivity contribution in [3.8, 4) is 5.75 Å². The monoisotopic (exact) mass is 251 g/mol. The lowest BCUT2D eigenvalue weighted by atomic mass is 9.94. The molecule has 18 heavy (non-hydrogen) atoms. The Bertz CT molecular complexity index is 431. The van der Waals surface area contributed by atoms with E-state index in [4.69, 9.17) is 4.74 Å². The highest BCUT2D eigenvalue weighted by atomic mass is 16.5. The van der Waals surface area contributed by atoms with Crippen molar-refractivity contribution in [1.29, 1.82) is 0 Å². The number of carbonyl (C=O) groups is 2. The van der Waals surface area contributed by atoms with Crippen LogP contribution in [-0.2, 0) is 9.59 Å². The van der Waals surface area contributed by atoms with E-state index in [0.717, 1.165) is 0 Å². The third-order valence-corrected chi connectivity index (χ3v) is 2.73. The van der Waals surface area contributed by atoms with Crippen molar-refractivity contribution >= 4 is 11.9 Å². The van der Waals surface area contributed by atoms with E-state index in [1.165, 1.54) is 14.2 Å². The molecule has 0 saturated heterocycles. The van der Waals surface area contributed by atoms with Gasteiger partial charge in [0.25, 0.3) is 0 Å². The zero-order valence-corrected chi connectivity index (χ0v) is 10.5. The number of ether oxygens (including phenoxy) is 1. The van der Waals surface area contributed by atoms with Crippen LogP contribution in [0.2, 0.25) is 0 Å². The quantitative estimate of drug-likeness (QED) is 0.801. The van der Waals surface area contributed by atoms with Crippen LogP contribution in [-0.4, -0.2) is 31.1 Å². The van der Waals surface area contributed by atoms with Crippen LogP contribution in [0.15, 0.2) is 24.3 Å². The Morgan fingerprint density at radius 1 is 1.44 bits per heavy atom. The zero-order chi connectivity index (χ0) is 13.5. The molecule has 0 bridgehead atoms. The van der Waals surface area contributed by atoms with Crippen LogP contribution < -0.4 is 10.1 Å². The minimum Gasteiger partial charge on any atom is -0.497 e. The topological polar surface area (TPSA) is 75.6 Å². The summed E-state index contributed by atoms with van der Waals surface area (Å²) < 4.78 is 5.06. The molecule has 0 saturated carbocycles. The summed E-state index contributed by atoms with van der Waals surface area (Å²) in [6.07, 6.45) is 0.451. The molecule has 0 radical (unpaired) electrons. The molecular weight excluding hydrogens is 234 g/mol. The largest absolute Gasteiger partial charge is 0.497 e. The highest BCUT2D eigenvalue weighted by Gasteiger charge is 2.21. The first-order valence-corrected chi connectivity index (χ1v) is 5.65. The van der Waals surface area contributed by atoms with Gasteiger partial charge in [-0.1, -0.05) is 12.1 Å². The van der Waals surface area contributed by atoms with Gasteiger partial charge in [0, 0.05) is 13.5 Å². The van der Waals surface area contributed by atoms with E-state index in [1.54, 1.807) is 24.3 Å². The van der Waals surface area contributed by atoms with Crippen LogP contribution in [0.4, 0.5) is 0 Å². The number of methoxy groups -OCH3 is 1. The molecule has 1 rings (SSSR count). The Morgan fingerprint density at radius 3 is 2.72 bits per heavy atom. The molecule has 0 spiro atoms. The van der Waals surface area contributed by atoms with Gasteiger partial charge in [0.15, 0.2) is 0 Å². The van der Waals surface area contributed by atoms with Crippen LogP contribution in [0, 0.1) is 0 Å². The zero-order valence-electron chi connectivity index (χ0n) is 10.5. The van der Waals surface area contributed by atoms with Crippen LogP contribution in [0.1, 0.15) is 24.3 Å². The summed E-state index contributed by atoms with van der Waals surface area (Å²) >= 11 is 0. The van der Waals surface area contributed by atoms with Gasteiger partial charge in [-0.15, -0.1) is 0 Å². The molecular formula is C13H17NO4. The lowest BCUT2D eigenvalue weighted by molar-refractivity contribution is -0.139. The molecule has 0 aliphatic rings. The van der Waals surface area contributed by atoms with E-state index >= 15 is 0 Å². The predicted octanol–water partition coefficient (Wildman–Crippen LogP) is 1.39. The molecule has 1 aromatic carbocycles. The number of carboxylic acid groups (broad SMARTS) is 1. The van der Waals surface area contributed by atoms with Gasteiger partial charge in [-0.2, -0.15) is 0 Å². The second kappa shape index (κ2) is 6.64. The molecule has 1 unspecified atom stereocenters. The maximum Gasteiger partial charge on any atom is 0.310 e. The number of carboxylic acids is 1. The SMILES string of the molecule is CNC(=O)CCC(C(=O)O)c1cccc(OC)c1. The maximum absolute atomic E-state index is 11.2. The Morgan fingerprint density at radius 2 is 2.17 bits per heavy atom. The van der Waals surface area contributed by atoms with Crippen molar-refractivity contribution in [2.45, 2.75) is 18.8 Å². The number of benzene rings is 1. The molecule has 2 N–H and O–H groups in total. The summed E-state index contributed by atoms with van der Waals surface area (Å²) in [6, 6.07) is 6.90. The van der Waals surface area contributed by atoms with Crippen molar-refractivity contribution in [3.05, 3.63) is 29.8 Å². The lowest BCUT2D eigenvalue weighted by Gasteiger charge is -2.13. The number of aliphatic carboxylic acids is 1. The molecule has 0 fully saturated rings. The number of hydrogen-bond acceptors (Lipinski definition) is 3. The molecule has 98 valence electrons. The summed E-state index contributed by atoms with van der Waals surface area (Å²) in [6.45, 7) is 0. The third-order valence-electron chi connectivity index (χ3n) is 2.73. The molecule has 1 aromatic rings. The van der Waals surface area contributed by atoms with Gasteiger partial charge in [0.2, 0.25) is 5.91 Å². The van der Waals surface area contributed by atoms with Crippen molar-refractivity contribution in [1.82, 2.24) is 5.32 Å². The van der Waals surface area contributed by atoms with Crippen LogP contribution in [0.3, 0.4) is 0 Å². The average molecular weight is 251 g/mol. The minimum absolute atomic E-state index is 0.163. The molecule has 0 aliphatic heterocycles. The van der Waals surface area contributed by atoms with E-state index < -0.39 is 11.9 Å². The summed E-state index contributed by atoms with van der Waals surface area (Å²) in [5, 5.41) is 11.7. The van der Waals surface area contributed by atoms with Crippen LogP contribution in [0.5, 0.6) is 5.75 Å². The first kappa shape index (κ1) is 14.0. The van der Waals surface area contributed by atoms with Gasteiger partial charge in [-0.3, -0.25) is 9.59 Å². The summed E-state index contributed by atoms with van der Waals surface area (Å²) in [4.78, 5) is 22.4. The van der Waals surface area contributed by atoms with E-state index in [1.807, 2.05) is 0 Å². The molecule has 1 amide bonds.